The van der Waals surface area contributed by atoms with Crippen LogP contribution in [0.4, 0.5) is 0 Å². The molecule has 0 saturated carbocycles. The Morgan fingerprint density at radius 2 is 2.22 bits per heavy atom. The molecule has 23 heavy (non-hydrogen) atoms. The van der Waals surface area contributed by atoms with Gasteiger partial charge in [0.05, 0.1) is 18.4 Å². The van der Waals surface area contributed by atoms with Gasteiger partial charge in [0.2, 0.25) is 10.0 Å². The first-order chi connectivity index (χ1) is 11.0. The maximum atomic E-state index is 12.2. The monoisotopic (exact) mass is 360 g/mol. The molecule has 1 aromatic heterocycles. The van der Waals surface area contributed by atoms with Crippen LogP contribution < -0.4 is 0 Å². The molecule has 0 amide bonds. The minimum atomic E-state index is -3.16. The van der Waals surface area contributed by atoms with Crippen molar-refractivity contribution in [1.29, 1.82) is 0 Å². The molecule has 2 aliphatic rings. The molecular weight excluding hydrogens is 336 g/mol. The summed E-state index contributed by atoms with van der Waals surface area (Å²) >= 11 is 5.36. The van der Waals surface area contributed by atoms with E-state index < -0.39 is 10.0 Å². The van der Waals surface area contributed by atoms with E-state index >= 15 is 0 Å². The Balaban J connectivity index is 1.79. The summed E-state index contributed by atoms with van der Waals surface area (Å²) in [5.41, 5.74) is 0. The van der Waals surface area contributed by atoms with Gasteiger partial charge in [-0.15, -0.1) is 0 Å². The summed E-state index contributed by atoms with van der Waals surface area (Å²) in [5.74, 6) is 1.09. The lowest BCUT2D eigenvalue weighted by Gasteiger charge is -2.31. The Bertz CT molecular complexity index is 691. The average Bonchev–Trinajstić information content (AvgIpc) is 3.19. The van der Waals surface area contributed by atoms with Crippen molar-refractivity contribution < 1.29 is 13.2 Å². The van der Waals surface area contributed by atoms with Gasteiger partial charge in [-0.2, -0.15) is 5.10 Å². The van der Waals surface area contributed by atoms with Crippen LogP contribution in [0.5, 0.6) is 0 Å². The Labute approximate surface area is 142 Å². The number of hydrogen-bond acceptors (Lipinski definition) is 5. The first-order valence-electron chi connectivity index (χ1n) is 8.25. The maximum Gasteiger partial charge on any atom is 0.213 e. The topological polar surface area (TPSA) is 80.2 Å². The van der Waals surface area contributed by atoms with Crippen LogP contribution in [0.15, 0.2) is 0 Å². The third-order valence-electron chi connectivity index (χ3n) is 4.71. The number of ether oxygens (including phenoxy) is 1. The minimum Gasteiger partial charge on any atom is -0.376 e. The second-order valence-electron chi connectivity index (χ2n) is 6.23. The SMILES string of the molecule is CCS(=O)(=O)N1CCC[C@@H](c2n[nH]c(=S)n2C[C@H]2CCCO2)C1. The molecule has 2 saturated heterocycles. The molecule has 2 fully saturated rings. The second kappa shape index (κ2) is 7.00. The lowest BCUT2D eigenvalue weighted by atomic mass is 9.98. The Kier molecular flexibility index (Phi) is 5.19. The first-order valence-corrected chi connectivity index (χ1v) is 10.3. The van der Waals surface area contributed by atoms with Gasteiger partial charge in [-0.05, 0) is 44.8 Å². The summed E-state index contributed by atoms with van der Waals surface area (Å²) in [6, 6.07) is 0. The summed E-state index contributed by atoms with van der Waals surface area (Å²) in [4.78, 5) is 0. The van der Waals surface area contributed by atoms with E-state index in [4.69, 9.17) is 17.0 Å². The van der Waals surface area contributed by atoms with Gasteiger partial charge in [0.1, 0.15) is 5.82 Å². The lowest BCUT2D eigenvalue weighted by Crippen LogP contribution is -2.40. The molecule has 0 bridgehead atoms. The molecule has 2 atom stereocenters. The fourth-order valence-electron chi connectivity index (χ4n) is 3.40. The highest BCUT2D eigenvalue weighted by Gasteiger charge is 2.31. The van der Waals surface area contributed by atoms with Crippen LogP contribution >= 0.6 is 12.2 Å². The molecule has 3 heterocycles. The van der Waals surface area contributed by atoms with Gasteiger partial charge in [-0.1, -0.05) is 0 Å². The largest absolute Gasteiger partial charge is 0.376 e. The van der Waals surface area contributed by atoms with Crippen LogP contribution in [0.3, 0.4) is 0 Å². The molecule has 0 radical (unpaired) electrons. The zero-order valence-corrected chi connectivity index (χ0v) is 15.0. The third-order valence-corrected chi connectivity index (χ3v) is 6.87. The van der Waals surface area contributed by atoms with Gasteiger partial charge in [-0.25, -0.2) is 12.7 Å². The zero-order chi connectivity index (χ0) is 16.4. The van der Waals surface area contributed by atoms with Gasteiger partial charge < -0.3 is 9.30 Å². The normalized spacial score (nSPS) is 26.7. The van der Waals surface area contributed by atoms with Gasteiger partial charge in [0.25, 0.3) is 0 Å². The van der Waals surface area contributed by atoms with Crippen molar-refractivity contribution in [2.75, 3.05) is 25.4 Å². The van der Waals surface area contributed by atoms with E-state index in [1.807, 2.05) is 4.57 Å². The molecule has 7 nitrogen and oxygen atoms in total. The van der Waals surface area contributed by atoms with Gasteiger partial charge in [-0.3, -0.25) is 5.10 Å². The minimum absolute atomic E-state index is 0.0828. The van der Waals surface area contributed by atoms with Crippen molar-refractivity contribution in [2.45, 2.75) is 51.2 Å². The average molecular weight is 361 g/mol. The summed E-state index contributed by atoms with van der Waals surface area (Å²) in [6.45, 7) is 4.27. The molecule has 0 aromatic carbocycles. The number of nitrogens with zero attached hydrogens (tertiary/aromatic N) is 3. The molecule has 3 rings (SSSR count). The molecular formula is C14H24N4O3S2. The van der Waals surface area contributed by atoms with Crippen LogP contribution in [-0.2, 0) is 21.3 Å². The van der Waals surface area contributed by atoms with Crippen molar-refractivity contribution in [2.24, 2.45) is 0 Å². The van der Waals surface area contributed by atoms with E-state index in [1.54, 1.807) is 11.2 Å². The molecule has 1 aromatic rings. The Morgan fingerprint density at radius 3 is 2.91 bits per heavy atom. The zero-order valence-electron chi connectivity index (χ0n) is 13.4. The number of rotatable bonds is 5. The van der Waals surface area contributed by atoms with Crippen LogP contribution in [0, 0.1) is 4.77 Å². The Hall–Kier alpha value is -0.770. The highest BCUT2D eigenvalue weighted by atomic mass is 32.2. The molecule has 0 spiro atoms. The molecule has 0 unspecified atom stereocenters. The number of aromatic nitrogens is 3. The molecule has 130 valence electrons. The standard InChI is InChI=1S/C14H24N4O3S2/c1-2-23(19,20)17-7-3-5-11(9-17)13-15-16-14(22)18(13)10-12-6-4-8-21-12/h11-12H,2-10H2,1H3,(H,16,22)/t11-,12-/m1/s1. The third kappa shape index (κ3) is 3.67. The van der Waals surface area contributed by atoms with Crippen molar-refractivity contribution in [3.05, 3.63) is 10.6 Å². The van der Waals surface area contributed by atoms with Crippen molar-refractivity contribution in [1.82, 2.24) is 19.1 Å². The van der Waals surface area contributed by atoms with E-state index in [-0.39, 0.29) is 17.8 Å². The van der Waals surface area contributed by atoms with Gasteiger partial charge in [0.15, 0.2) is 4.77 Å². The quantitative estimate of drug-likeness (QED) is 0.808. The molecule has 9 heteroatoms. The summed E-state index contributed by atoms with van der Waals surface area (Å²) < 4.78 is 34.2. The van der Waals surface area contributed by atoms with Crippen molar-refractivity contribution >= 4 is 22.2 Å². The van der Waals surface area contributed by atoms with E-state index in [9.17, 15) is 8.42 Å². The predicted octanol–water partition coefficient (Wildman–Crippen LogP) is 1.65. The number of nitrogens with one attached hydrogen (secondary N) is 1. The second-order valence-corrected chi connectivity index (χ2v) is 8.87. The maximum absolute atomic E-state index is 12.2. The predicted molar refractivity (Wildman–Crippen MR) is 89.4 cm³/mol. The molecule has 0 aliphatic carbocycles. The first kappa shape index (κ1) is 17.1. The highest BCUT2D eigenvalue weighted by Crippen LogP contribution is 2.28. The van der Waals surface area contributed by atoms with E-state index in [0.717, 1.165) is 38.1 Å². The summed E-state index contributed by atoms with van der Waals surface area (Å²) in [5, 5.41) is 7.26. The fourth-order valence-corrected chi connectivity index (χ4v) is 4.79. The Morgan fingerprint density at radius 1 is 1.39 bits per heavy atom. The van der Waals surface area contributed by atoms with E-state index in [2.05, 4.69) is 10.2 Å². The van der Waals surface area contributed by atoms with Crippen LogP contribution in [0.1, 0.15) is 44.3 Å². The number of aromatic amines is 1. The van der Waals surface area contributed by atoms with Crippen LogP contribution in [-0.4, -0.2) is 59.0 Å². The van der Waals surface area contributed by atoms with Crippen LogP contribution in [0.2, 0.25) is 0 Å². The van der Waals surface area contributed by atoms with Gasteiger partial charge in [0, 0.05) is 25.6 Å². The van der Waals surface area contributed by atoms with Crippen molar-refractivity contribution in [3.8, 4) is 0 Å². The molecule has 2 aliphatic heterocycles. The smallest absolute Gasteiger partial charge is 0.213 e. The highest BCUT2D eigenvalue weighted by molar-refractivity contribution is 7.89. The van der Waals surface area contributed by atoms with Crippen LogP contribution in [0.25, 0.3) is 0 Å². The van der Waals surface area contributed by atoms with E-state index in [0.29, 0.717) is 24.4 Å². The number of hydrogen-bond donors (Lipinski definition) is 1. The summed E-state index contributed by atoms with van der Waals surface area (Å²) in [7, 11) is -3.16. The number of sulfonamides is 1. The number of piperidine rings is 1. The van der Waals surface area contributed by atoms with E-state index in [1.165, 1.54) is 0 Å². The lowest BCUT2D eigenvalue weighted by molar-refractivity contribution is 0.0952. The summed E-state index contributed by atoms with van der Waals surface area (Å²) in [6.07, 6.45) is 4.08. The number of H-pyrrole nitrogens is 1. The fraction of sp³-hybridized carbons (Fsp3) is 0.857. The molecule has 1 N–H and O–H groups in total. The van der Waals surface area contributed by atoms with Gasteiger partial charge >= 0.3 is 0 Å². The van der Waals surface area contributed by atoms with Crippen molar-refractivity contribution in [3.63, 3.8) is 0 Å².